The van der Waals surface area contributed by atoms with Crippen LogP contribution in [0.2, 0.25) is 5.02 Å². The molecule has 0 bridgehead atoms. The van der Waals surface area contributed by atoms with E-state index in [9.17, 15) is 0 Å². The Labute approximate surface area is 141 Å². The molecule has 2 rings (SSSR count). The van der Waals surface area contributed by atoms with Crippen molar-refractivity contribution in [2.24, 2.45) is 0 Å². The number of hydrogen-bond donors (Lipinski definition) is 2. The highest BCUT2D eigenvalue weighted by atomic mass is 35.5. The molecule has 0 spiro atoms. The van der Waals surface area contributed by atoms with Crippen molar-refractivity contribution in [3.8, 4) is 5.75 Å². The number of nitrogens with one attached hydrogen (secondary N) is 2. The van der Waals surface area contributed by atoms with Crippen molar-refractivity contribution < 1.29 is 9.47 Å². The van der Waals surface area contributed by atoms with Crippen LogP contribution in [0.4, 0.5) is 17.3 Å². The van der Waals surface area contributed by atoms with Crippen LogP contribution in [0.3, 0.4) is 0 Å². The van der Waals surface area contributed by atoms with Crippen LogP contribution in [-0.4, -0.2) is 37.3 Å². The first kappa shape index (κ1) is 17.3. The molecule has 0 aliphatic heterocycles. The lowest BCUT2D eigenvalue weighted by atomic mass is 10.2. The van der Waals surface area contributed by atoms with Gasteiger partial charge >= 0.3 is 0 Å². The number of halogens is 1. The molecule has 2 N–H and O–H groups in total. The molecule has 0 unspecified atom stereocenters. The largest absolute Gasteiger partial charge is 0.495 e. The van der Waals surface area contributed by atoms with Crippen molar-refractivity contribution in [1.82, 2.24) is 9.97 Å². The Morgan fingerprint density at radius 1 is 1.09 bits per heavy atom. The third-order valence-corrected chi connectivity index (χ3v) is 3.60. The number of hydrogen-bond acceptors (Lipinski definition) is 6. The van der Waals surface area contributed by atoms with Crippen molar-refractivity contribution in [2.75, 3.05) is 38.0 Å². The summed E-state index contributed by atoms with van der Waals surface area (Å²) in [7, 11) is 3.27. The molecule has 124 valence electrons. The highest BCUT2D eigenvalue weighted by Crippen LogP contribution is 2.32. The second kappa shape index (κ2) is 7.99. The van der Waals surface area contributed by atoms with E-state index in [1.165, 1.54) is 0 Å². The van der Waals surface area contributed by atoms with E-state index in [4.69, 9.17) is 21.1 Å². The first-order chi connectivity index (χ1) is 11.0. The van der Waals surface area contributed by atoms with E-state index < -0.39 is 0 Å². The molecule has 0 amide bonds. The van der Waals surface area contributed by atoms with Gasteiger partial charge in [0.25, 0.3) is 0 Å². The average molecular weight is 337 g/mol. The predicted octanol–water partition coefficient (Wildman–Crippen LogP) is 3.56. The predicted molar refractivity (Wildman–Crippen MR) is 93.2 cm³/mol. The molecule has 1 aromatic carbocycles. The Morgan fingerprint density at radius 3 is 2.52 bits per heavy atom. The summed E-state index contributed by atoms with van der Waals surface area (Å²) < 4.78 is 10.4. The topological polar surface area (TPSA) is 68.3 Å². The molecule has 6 nitrogen and oxygen atoms in total. The van der Waals surface area contributed by atoms with E-state index in [1.807, 2.05) is 26.0 Å². The maximum atomic E-state index is 6.13. The van der Waals surface area contributed by atoms with Gasteiger partial charge in [0.15, 0.2) is 0 Å². The summed E-state index contributed by atoms with van der Waals surface area (Å²) in [4.78, 5) is 8.75. The molecule has 0 saturated carbocycles. The molecular formula is C16H21ClN4O2. The van der Waals surface area contributed by atoms with E-state index in [-0.39, 0.29) is 0 Å². The highest BCUT2D eigenvalue weighted by molar-refractivity contribution is 6.31. The maximum absolute atomic E-state index is 6.13. The Morgan fingerprint density at radius 2 is 1.83 bits per heavy atom. The summed E-state index contributed by atoms with van der Waals surface area (Å²) in [5.41, 5.74) is 1.76. The van der Waals surface area contributed by atoms with Gasteiger partial charge in [0.2, 0.25) is 0 Å². The fourth-order valence-corrected chi connectivity index (χ4v) is 2.22. The molecule has 0 fully saturated rings. The molecular weight excluding hydrogens is 316 g/mol. The minimum absolute atomic E-state index is 0.607. The Hall–Kier alpha value is -2.05. The summed E-state index contributed by atoms with van der Waals surface area (Å²) >= 11 is 6.13. The quantitative estimate of drug-likeness (QED) is 0.753. The van der Waals surface area contributed by atoms with Gasteiger partial charge < -0.3 is 20.1 Å². The minimum atomic E-state index is 0.607. The van der Waals surface area contributed by atoms with Gasteiger partial charge in [-0.15, -0.1) is 0 Å². The number of benzene rings is 1. The zero-order chi connectivity index (χ0) is 16.8. The van der Waals surface area contributed by atoms with E-state index >= 15 is 0 Å². The first-order valence-corrected chi connectivity index (χ1v) is 7.61. The van der Waals surface area contributed by atoms with Gasteiger partial charge in [0.1, 0.15) is 23.2 Å². The van der Waals surface area contributed by atoms with E-state index in [0.29, 0.717) is 35.6 Å². The number of aromatic nitrogens is 2. The molecule has 0 atom stereocenters. The lowest BCUT2D eigenvalue weighted by Crippen LogP contribution is -2.10. The Bertz CT molecular complexity index is 679. The minimum Gasteiger partial charge on any atom is -0.495 e. The number of nitrogens with zero attached hydrogens (tertiary/aromatic N) is 2. The van der Waals surface area contributed by atoms with Crippen LogP contribution in [-0.2, 0) is 4.74 Å². The number of rotatable bonds is 7. The van der Waals surface area contributed by atoms with Crippen LogP contribution in [0.15, 0.2) is 18.2 Å². The van der Waals surface area contributed by atoms with Crippen molar-refractivity contribution in [2.45, 2.75) is 13.8 Å². The summed E-state index contributed by atoms with van der Waals surface area (Å²) in [6.45, 7) is 5.07. The maximum Gasteiger partial charge on any atom is 0.143 e. The van der Waals surface area contributed by atoms with Crippen LogP contribution in [0.25, 0.3) is 0 Å². The molecule has 1 aromatic heterocycles. The van der Waals surface area contributed by atoms with Crippen LogP contribution in [0.5, 0.6) is 5.75 Å². The SMILES string of the molecule is COCCNc1cc(Nc2cc(C)c(Cl)cc2OC)nc(C)n1. The lowest BCUT2D eigenvalue weighted by molar-refractivity contribution is 0.210. The molecule has 0 radical (unpaired) electrons. The van der Waals surface area contributed by atoms with E-state index in [1.54, 1.807) is 20.3 Å². The number of ether oxygens (including phenoxy) is 2. The molecule has 23 heavy (non-hydrogen) atoms. The van der Waals surface area contributed by atoms with Gasteiger partial charge in [-0.2, -0.15) is 0 Å². The fraction of sp³-hybridized carbons (Fsp3) is 0.375. The first-order valence-electron chi connectivity index (χ1n) is 7.23. The van der Waals surface area contributed by atoms with Crippen LogP contribution >= 0.6 is 11.6 Å². The molecule has 0 aliphatic rings. The fourth-order valence-electron chi connectivity index (χ4n) is 2.07. The Kier molecular flexibility index (Phi) is 6.01. The van der Waals surface area contributed by atoms with Crippen molar-refractivity contribution >= 4 is 28.9 Å². The van der Waals surface area contributed by atoms with Crippen molar-refractivity contribution in [3.63, 3.8) is 0 Å². The molecule has 0 aliphatic carbocycles. The highest BCUT2D eigenvalue weighted by Gasteiger charge is 2.09. The average Bonchev–Trinajstić information content (AvgIpc) is 2.50. The molecule has 0 saturated heterocycles. The summed E-state index contributed by atoms with van der Waals surface area (Å²) in [5, 5.41) is 7.11. The van der Waals surface area contributed by atoms with Crippen LogP contribution in [0, 0.1) is 13.8 Å². The normalized spacial score (nSPS) is 10.5. The van der Waals surface area contributed by atoms with Gasteiger partial charge in [0.05, 0.1) is 19.4 Å². The number of methoxy groups -OCH3 is 2. The van der Waals surface area contributed by atoms with Crippen LogP contribution < -0.4 is 15.4 Å². The zero-order valence-electron chi connectivity index (χ0n) is 13.7. The molecule has 2 aromatic rings. The standard InChI is InChI=1S/C16H21ClN4O2/c1-10-7-13(14(23-4)8-12(10)17)21-16-9-15(18-5-6-22-3)19-11(2)20-16/h7-9H,5-6H2,1-4H3,(H2,18,19,20,21). The molecule has 7 heteroatoms. The van der Waals surface area contributed by atoms with Gasteiger partial charge in [-0.1, -0.05) is 11.6 Å². The van der Waals surface area contributed by atoms with Gasteiger partial charge in [-0.25, -0.2) is 9.97 Å². The Balaban J connectivity index is 2.24. The van der Waals surface area contributed by atoms with Gasteiger partial charge in [-0.05, 0) is 25.5 Å². The van der Waals surface area contributed by atoms with Crippen molar-refractivity contribution in [1.29, 1.82) is 0 Å². The van der Waals surface area contributed by atoms with E-state index in [2.05, 4.69) is 20.6 Å². The monoisotopic (exact) mass is 336 g/mol. The summed E-state index contributed by atoms with van der Waals surface area (Å²) in [6, 6.07) is 5.55. The second-order valence-electron chi connectivity index (χ2n) is 5.03. The third-order valence-electron chi connectivity index (χ3n) is 3.19. The van der Waals surface area contributed by atoms with E-state index in [0.717, 1.165) is 17.1 Å². The number of anilines is 3. The van der Waals surface area contributed by atoms with Crippen LogP contribution in [0.1, 0.15) is 11.4 Å². The second-order valence-corrected chi connectivity index (χ2v) is 5.44. The zero-order valence-corrected chi connectivity index (χ0v) is 14.5. The number of aryl methyl sites for hydroxylation is 2. The lowest BCUT2D eigenvalue weighted by Gasteiger charge is -2.14. The molecule has 1 heterocycles. The smallest absolute Gasteiger partial charge is 0.143 e. The van der Waals surface area contributed by atoms with Crippen molar-refractivity contribution in [3.05, 3.63) is 34.6 Å². The van der Waals surface area contributed by atoms with Gasteiger partial charge in [0, 0.05) is 30.8 Å². The summed E-state index contributed by atoms with van der Waals surface area (Å²) in [6.07, 6.45) is 0. The third kappa shape index (κ3) is 4.71. The van der Waals surface area contributed by atoms with Gasteiger partial charge in [-0.3, -0.25) is 0 Å². The summed E-state index contributed by atoms with van der Waals surface area (Å²) in [5.74, 6) is 2.74.